The van der Waals surface area contributed by atoms with Crippen LogP contribution >= 0.6 is 0 Å². The number of benzene rings is 1. The van der Waals surface area contributed by atoms with E-state index in [9.17, 15) is 12.8 Å². The van der Waals surface area contributed by atoms with Gasteiger partial charge in [-0.15, -0.1) is 0 Å². The third kappa shape index (κ3) is 3.09. The summed E-state index contributed by atoms with van der Waals surface area (Å²) in [4.78, 5) is 0.0646. The van der Waals surface area contributed by atoms with Gasteiger partial charge in [0.15, 0.2) is 5.76 Å². The first-order chi connectivity index (χ1) is 11.6. The molecule has 2 heterocycles. The van der Waals surface area contributed by atoms with Gasteiger partial charge >= 0.3 is 0 Å². The van der Waals surface area contributed by atoms with Gasteiger partial charge < -0.3 is 9.26 Å². The van der Waals surface area contributed by atoms with E-state index >= 15 is 0 Å². The van der Waals surface area contributed by atoms with Crippen molar-refractivity contribution >= 4 is 10.0 Å². The maximum Gasteiger partial charge on any atom is 0.249 e. The van der Waals surface area contributed by atoms with Gasteiger partial charge in [0, 0.05) is 12.1 Å². The zero-order chi connectivity index (χ0) is 18.4. The highest BCUT2D eigenvalue weighted by atomic mass is 32.2. The van der Waals surface area contributed by atoms with Gasteiger partial charge in [0.2, 0.25) is 10.0 Å². The van der Waals surface area contributed by atoms with Crippen molar-refractivity contribution in [3.63, 3.8) is 0 Å². The molecule has 0 bridgehead atoms. The minimum absolute atomic E-state index is 0.0142. The molecule has 1 aromatic heterocycles. The third-order valence-corrected chi connectivity index (χ3v) is 6.73. The summed E-state index contributed by atoms with van der Waals surface area (Å²) in [5.74, 6) is -0.177. The van der Waals surface area contributed by atoms with Gasteiger partial charge in [0.05, 0.1) is 18.2 Å². The van der Waals surface area contributed by atoms with Crippen molar-refractivity contribution in [3.8, 4) is 0 Å². The molecular weight excluding hydrogens is 347 g/mol. The normalized spacial score (nSPS) is 21.4. The van der Waals surface area contributed by atoms with E-state index in [0.29, 0.717) is 11.3 Å². The number of aryl methyl sites for hydroxylation is 2. The molecule has 0 spiro atoms. The van der Waals surface area contributed by atoms with Crippen LogP contribution in [0.4, 0.5) is 4.39 Å². The van der Waals surface area contributed by atoms with E-state index in [1.807, 2.05) is 0 Å². The lowest BCUT2D eigenvalue weighted by Gasteiger charge is -2.44. The van der Waals surface area contributed by atoms with Crippen LogP contribution < -0.4 is 0 Å². The first kappa shape index (κ1) is 18.0. The van der Waals surface area contributed by atoms with E-state index < -0.39 is 27.5 Å². The molecule has 1 aromatic carbocycles. The summed E-state index contributed by atoms with van der Waals surface area (Å²) in [6.45, 7) is 6.87. The zero-order valence-corrected chi connectivity index (χ0v) is 15.4. The van der Waals surface area contributed by atoms with Crippen molar-refractivity contribution < 1.29 is 22.1 Å². The molecule has 0 amide bonds. The molecule has 1 aliphatic heterocycles. The van der Waals surface area contributed by atoms with Gasteiger partial charge in [0.25, 0.3) is 0 Å². The number of rotatable bonds is 3. The summed E-state index contributed by atoms with van der Waals surface area (Å²) >= 11 is 0. The third-order valence-electron chi connectivity index (χ3n) is 4.41. The van der Waals surface area contributed by atoms with Crippen molar-refractivity contribution in [2.75, 3.05) is 13.2 Å². The molecule has 1 unspecified atom stereocenters. The van der Waals surface area contributed by atoms with Crippen LogP contribution in [0.25, 0.3) is 0 Å². The first-order valence-electron chi connectivity index (χ1n) is 7.96. The van der Waals surface area contributed by atoms with Crippen LogP contribution in [0, 0.1) is 19.7 Å². The lowest BCUT2D eigenvalue weighted by molar-refractivity contribution is -0.0668. The summed E-state index contributed by atoms with van der Waals surface area (Å²) in [5, 5.41) is 3.74. The Hall–Kier alpha value is -1.77. The molecule has 25 heavy (non-hydrogen) atoms. The lowest BCUT2D eigenvalue weighted by atomic mass is 10.0. The summed E-state index contributed by atoms with van der Waals surface area (Å²) in [7, 11) is -3.87. The fraction of sp³-hybridized carbons (Fsp3) is 0.471. The molecule has 0 N–H and O–H groups in total. The second-order valence-corrected chi connectivity index (χ2v) is 8.62. The highest BCUT2D eigenvalue weighted by molar-refractivity contribution is 7.89. The number of aromatic nitrogens is 1. The number of hydrogen-bond acceptors (Lipinski definition) is 5. The standard InChI is InChI=1S/C17H21FN2O4S/c1-11-16(12(2)24-19-11)25(21,22)20-9-15(23-10-17(20,3)4)13-7-5-6-8-14(13)18/h5-8,15H,9-10H2,1-4H3. The van der Waals surface area contributed by atoms with E-state index in [4.69, 9.17) is 9.26 Å². The van der Waals surface area contributed by atoms with Crippen LogP contribution in [0.3, 0.4) is 0 Å². The second kappa shape index (κ2) is 6.19. The van der Waals surface area contributed by atoms with E-state index in [-0.39, 0.29) is 23.8 Å². The second-order valence-electron chi connectivity index (χ2n) is 6.82. The predicted molar refractivity (Wildman–Crippen MR) is 89.0 cm³/mol. The lowest BCUT2D eigenvalue weighted by Crippen LogP contribution is -2.56. The molecule has 0 aliphatic carbocycles. The molecule has 3 rings (SSSR count). The monoisotopic (exact) mass is 368 g/mol. The number of sulfonamides is 1. The van der Waals surface area contributed by atoms with Crippen LogP contribution in [0.5, 0.6) is 0 Å². The smallest absolute Gasteiger partial charge is 0.249 e. The molecule has 136 valence electrons. The largest absolute Gasteiger partial charge is 0.370 e. The zero-order valence-electron chi connectivity index (χ0n) is 14.6. The van der Waals surface area contributed by atoms with E-state index in [2.05, 4.69) is 5.16 Å². The Morgan fingerprint density at radius 3 is 2.56 bits per heavy atom. The number of halogens is 1. The minimum Gasteiger partial charge on any atom is -0.370 e. The molecule has 0 radical (unpaired) electrons. The van der Waals surface area contributed by atoms with Crippen LogP contribution in [0.1, 0.15) is 37.0 Å². The molecule has 8 heteroatoms. The van der Waals surface area contributed by atoms with Crippen LogP contribution in [-0.2, 0) is 14.8 Å². The molecule has 1 fully saturated rings. The van der Waals surface area contributed by atoms with Crippen molar-refractivity contribution in [2.24, 2.45) is 0 Å². The molecule has 1 aliphatic rings. The van der Waals surface area contributed by atoms with E-state index in [1.165, 1.54) is 10.4 Å². The minimum atomic E-state index is -3.87. The summed E-state index contributed by atoms with van der Waals surface area (Å²) in [6, 6.07) is 6.24. The Bertz CT molecular complexity index is 872. The van der Waals surface area contributed by atoms with Crippen LogP contribution in [-0.4, -0.2) is 36.6 Å². The summed E-state index contributed by atoms with van der Waals surface area (Å²) < 4.78 is 52.8. The Morgan fingerprint density at radius 1 is 1.28 bits per heavy atom. The molecule has 0 saturated carbocycles. The summed E-state index contributed by atoms with van der Waals surface area (Å²) in [6.07, 6.45) is -0.676. The fourth-order valence-corrected chi connectivity index (χ4v) is 5.19. The number of ether oxygens (including phenoxy) is 1. The highest BCUT2D eigenvalue weighted by Crippen LogP contribution is 2.36. The maximum atomic E-state index is 14.1. The molecule has 1 atom stereocenters. The summed E-state index contributed by atoms with van der Waals surface area (Å²) in [5.41, 5.74) is -0.129. The van der Waals surface area contributed by atoms with E-state index in [0.717, 1.165) is 0 Å². The van der Waals surface area contributed by atoms with Gasteiger partial charge in [-0.2, -0.15) is 4.31 Å². The van der Waals surface area contributed by atoms with Gasteiger partial charge in [-0.25, -0.2) is 12.8 Å². The van der Waals surface area contributed by atoms with Gasteiger partial charge in [0.1, 0.15) is 16.4 Å². The molecule has 6 nitrogen and oxygen atoms in total. The van der Waals surface area contributed by atoms with E-state index in [1.54, 1.807) is 45.9 Å². The Labute approximate surface area is 146 Å². The topological polar surface area (TPSA) is 72.6 Å². The SMILES string of the molecule is Cc1noc(C)c1S(=O)(=O)N1CC(c2ccccc2F)OCC1(C)C. The maximum absolute atomic E-state index is 14.1. The Morgan fingerprint density at radius 2 is 1.96 bits per heavy atom. The number of nitrogens with zero attached hydrogens (tertiary/aromatic N) is 2. The predicted octanol–water partition coefficient (Wildman–Crippen LogP) is 2.97. The molecule has 1 saturated heterocycles. The molecule has 2 aromatic rings. The number of morpholine rings is 1. The quantitative estimate of drug-likeness (QED) is 0.833. The highest BCUT2D eigenvalue weighted by Gasteiger charge is 2.45. The Balaban J connectivity index is 2.02. The fourth-order valence-electron chi connectivity index (χ4n) is 3.13. The molecular formula is C17H21FN2O4S. The van der Waals surface area contributed by atoms with Gasteiger partial charge in [-0.05, 0) is 33.8 Å². The average Bonchev–Trinajstić information content (AvgIpc) is 2.87. The Kier molecular flexibility index (Phi) is 4.47. The van der Waals surface area contributed by atoms with Crippen molar-refractivity contribution in [2.45, 2.75) is 44.2 Å². The van der Waals surface area contributed by atoms with Gasteiger partial charge in [-0.3, -0.25) is 0 Å². The van der Waals surface area contributed by atoms with Crippen molar-refractivity contribution in [1.82, 2.24) is 9.46 Å². The van der Waals surface area contributed by atoms with Gasteiger partial charge in [-0.1, -0.05) is 23.4 Å². The first-order valence-corrected chi connectivity index (χ1v) is 9.40. The number of hydrogen-bond donors (Lipinski definition) is 0. The van der Waals surface area contributed by atoms with Crippen LogP contribution in [0.15, 0.2) is 33.7 Å². The van der Waals surface area contributed by atoms with Crippen molar-refractivity contribution in [3.05, 3.63) is 47.1 Å². The van der Waals surface area contributed by atoms with Crippen LogP contribution in [0.2, 0.25) is 0 Å². The van der Waals surface area contributed by atoms with Crippen molar-refractivity contribution in [1.29, 1.82) is 0 Å². The average molecular weight is 368 g/mol.